The molecule has 3 rings (SSSR count). The second-order valence-electron chi connectivity index (χ2n) is 6.11. The van der Waals surface area contributed by atoms with E-state index >= 15 is 0 Å². The lowest BCUT2D eigenvalue weighted by atomic mass is 10.0. The van der Waals surface area contributed by atoms with Crippen LogP contribution in [0.1, 0.15) is 18.4 Å². The third kappa shape index (κ3) is 3.05. The minimum absolute atomic E-state index is 0.128. The molecule has 2 aliphatic rings. The van der Waals surface area contributed by atoms with Crippen molar-refractivity contribution >= 4 is 17.2 Å². The van der Waals surface area contributed by atoms with E-state index in [1.165, 1.54) is 5.56 Å². The normalized spacial score (nSPS) is 29.6. The van der Waals surface area contributed by atoms with Crippen LogP contribution in [0.25, 0.3) is 0 Å². The average molecular weight is 294 g/mol. The number of nitrogens with zero attached hydrogens (tertiary/aromatic N) is 2. The Balaban J connectivity index is 1.48. The molecule has 0 aromatic carbocycles. The fourth-order valence-electron chi connectivity index (χ4n) is 3.23. The Hall–Kier alpha value is -0.910. The van der Waals surface area contributed by atoms with Crippen molar-refractivity contribution in [2.45, 2.75) is 31.6 Å². The molecule has 2 aliphatic heterocycles. The number of fused-ring (bicyclic) bond motifs is 1. The van der Waals surface area contributed by atoms with E-state index < -0.39 is 0 Å². The molecule has 1 aromatic heterocycles. The Morgan fingerprint density at radius 2 is 2.35 bits per heavy atom. The van der Waals surface area contributed by atoms with E-state index in [1.54, 1.807) is 30.3 Å². The van der Waals surface area contributed by atoms with Gasteiger partial charge in [-0.05, 0) is 28.8 Å². The van der Waals surface area contributed by atoms with Gasteiger partial charge >= 0.3 is 0 Å². The van der Waals surface area contributed by atoms with Crippen molar-refractivity contribution < 1.29 is 9.53 Å². The first-order valence-electron chi connectivity index (χ1n) is 7.21. The van der Waals surface area contributed by atoms with Gasteiger partial charge < -0.3 is 9.64 Å². The third-order valence-corrected chi connectivity index (χ3v) is 5.01. The molecule has 2 saturated heterocycles. The molecule has 110 valence electrons. The topological polar surface area (TPSA) is 32.8 Å². The highest BCUT2D eigenvalue weighted by molar-refractivity contribution is 7.07. The second-order valence-corrected chi connectivity index (χ2v) is 6.89. The van der Waals surface area contributed by atoms with Crippen molar-refractivity contribution in [1.82, 2.24) is 9.80 Å². The number of rotatable bonds is 4. The van der Waals surface area contributed by atoms with Crippen molar-refractivity contribution in [2.24, 2.45) is 5.92 Å². The summed E-state index contributed by atoms with van der Waals surface area (Å²) in [5, 5.41) is 4.35. The van der Waals surface area contributed by atoms with Crippen LogP contribution in [0.4, 0.5) is 0 Å². The molecule has 1 aromatic rings. The van der Waals surface area contributed by atoms with E-state index in [4.69, 9.17) is 4.74 Å². The Bertz CT molecular complexity index is 446. The van der Waals surface area contributed by atoms with Gasteiger partial charge in [0.25, 0.3) is 0 Å². The number of thiophene rings is 1. The van der Waals surface area contributed by atoms with Gasteiger partial charge in [0.05, 0.1) is 18.6 Å². The first-order chi connectivity index (χ1) is 9.61. The molecule has 5 heteroatoms. The SMILES string of the molecule is CN(C)C(=O)C[C@H]1C[C@H]2CN(Cc3ccsc3)C[C@H]2O1. The molecule has 2 fully saturated rings. The number of hydrogen-bond acceptors (Lipinski definition) is 4. The molecule has 3 heterocycles. The van der Waals surface area contributed by atoms with Crippen LogP contribution < -0.4 is 0 Å². The highest BCUT2D eigenvalue weighted by atomic mass is 32.1. The first kappa shape index (κ1) is 14.0. The monoisotopic (exact) mass is 294 g/mol. The van der Waals surface area contributed by atoms with Crippen LogP contribution in [0.5, 0.6) is 0 Å². The summed E-state index contributed by atoms with van der Waals surface area (Å²) in [4.78, 5) is 15.9. The predicted molar refractivity (Wildman–Crippen MR) is 79.7 cm³/mol. The van der Waals surface area contributed by atoms with Crippen molar-refractivity contribution in [3.8, 4) is 0 Å². The highest BCUT2D eigenvalue weighted by Gasteiger charge is 2.42. The van der Waals surface area contributed by atoms with E-state index in [2.05, 4.69) is 21.7 Å². The van der Waals surface area contributed by atoms with Crippen LogP contribution in [-0.4, -0.2) is 55.1 Å². The summed E-state index contributed by atoms with van der Waals surface area (Å²) in [5.74, 6) is 0.777. The minimum atomic E-state index is 0.128. The summed E-state index contributed by atoms with van der Waals surface area (Å²) in [6, 6.07) is 2.19. The minimum Gasteiger partial charge on any atom is -0.373 e. The van der Waals surface area contributed by atoms with Crippen molar-refractivity contribution in [2.75, 3.05) is 27.2 Å². The van der Waals surface area contributed by atoms with Crippen molar-refractivity contribution in [3.05, 3.63) is 22.4 Å². The summed E-state index contributed by atoms with van der Waals surface area (Å²) < 4.78 is 6.07. The molecule has 1 amide bonds. The first-order valence-corrected chi connectivity index (χ1v) is 8.15. The molecule has 0 bridgehead atoms. The van der Waals surface area contributed by atoms with Crippen LogP contribution in [-0.2, 0) is 16.1 Å². The summed E-state index contributed by atoms with van der Waals surface area (Å²) in [7, 11) is 3.61. The van der Waals surface area contributed by atoms with Crippen LogP contribution in [0, 0.1) is 5.92 Å². The van der Waals surface area contributed by atoms with Crippen LogP contribution in [0.2, 0.25) is 0 Å². The molecule has 4 nitrogen and oxygen atoms in total. The van der Waals surface area contributed by atoms with Gasteiger partial charge in [-0.3, -0.25) is 9.69 Å². The van der Waals surface area contributed by atoms with Crippen LogP contribution in [0.3, 0.4) is 0 Å². The summed E-state index contributed by atoms with van der Waals surface area (Å²) in [6.07, 6.45) is 2.02. The number of carbonyl (C=O) groups excluding carboxylic acids is 1. The zero-order valence-electron chi connectivity index (χ0n) is 12.1. The molecular formula is C15H22N2O2S. The molecule has 0 N–H and O–H groups in total. The third-order valence-electron chi connectivity index (χ3n) is 4.28. The lowest BCUT2D eigenvalue weighted by Crippen LogP contribution is -2.29. The Morgan fingerprint density at radius 1 is 1.50 bits per heavy atom. The quantitative estimate of drug-likeness (QED) is 0.849. The average Bonchev–Trinajstić information content (AvgIpc) is 3.05. The molecule has 0 unspecified atom stereocenters. The fourth-order valence-corrected chi connectivity index (χ4v) is 3.89. The highest BCUT2D eigenvalue weighted by Crippen LogP contribution is 2.35. The summed E-state index contributed by atoms with van der Waals surface area (Å²) >= 11 is 1.75. The predicted octanol–water partition coefficient (Wildman–Crippen LogP) is 1.82. The zero-order valence-corrected chi connectivity index (χ0v) is 12.9. The largest absolute Gasteiger partial charge is 0.373 e. The van der Waals surface area contributed by atoms with E-state index in [0.717, 1.165) is 26.1 Å². The van der Waals surface area contributed by atoms with Gasteiger partial charge in [0.15, 0.2) is 0 Å². The van der Waals surface area contributed by atoms with E-state index in [9.17, 15) is 4.79 Å². The van der Waals surface area contributed by atoms with Gasteiger partial charge in [0.1, 0.15) is 0 Å². The van der Waals surface area contributed by atoms with Gasteiger partial charge in [-0.1, -0.05) is 0 Å². The number of amides is 1. The number of hydrogen-bond donors (Lipinski definition) is 0. The Morgan fingerprint density at radius 3 is 3.00 bits per heavy atom. The smallest absolute Gasteiger partial charge is 0.224 e. The number of carbonyl (C=O) groups is 1. The van der Waals surface area contributed by atoms with E-state index in [-0.39, 0.29) is 12.0 Å². The maximum Gasteiger partial charge on any atom is 0.224 e. The standard InChI is InChI=1S/C15H22N2O2S/c1-16(2)15(18)6-13-5-12-8-17(9-14(12)19-13)7-11-3-4-20-10-11/h3-4,10,12-14H,5-9H2,1-2H3/t12-,13+,14+/m0/s1. The van der Waals surface area contributed by atoms with Crippen LogP contribution in [0.15, 0.2) is 16.8 Å². The van der Waals surface area contributed by atoms with E-state index in [0.29, 0.717) is 18.4 Å². The Kier molecular flexibility index (Phi) is 4.10. The zero-order chi connectivity index (χ0) is 14.1. The lowest BCUT2D eigenvalue weighted by molar-refractivity contribution is -0.131. The maximum absolute atomic E-state index is 11.7. The number of likely N-dealkylation sites (tertiary alicyclic amines) is 1. The van der Waals surface area contributed by atoms with Crippen molar-refractivity contribution in [1.29, 1.82) is 0 Å². The van der Waals surface area contributed by atoms with Gasteiger partial charge in [-0.25, -0.2) is 0 Å². The van der Waals surface area contributed by atoms with Crippen LogP contribution >= 0.6 is 11.3 Å². The summed E-state index contributed by atoms with van der Waals surface area (Å²) in [5.41, 5.74) is 1.40. The van der Waals surface area contributed by atoms with E-state index in [1.807, 2.05) is 0 Å². The summed E-state index contributed by atoms with van der Waals surface area (Å²) in [6.45, 7) is 3.14. The lowest BCUT2D eigenvalue weighted by Gasteiger charge is -2.19. The van der Waals surface area contributed by atoms with Crippen molar-refractivity contribution in [3.63, 3.8) is 0 Å². The molecule has 0 radical (unpaired) electrons. The molecule has 0 saturated carbocycles. The molecule has 20 heavy (non-hydrogen) atoms. The maximum atomic E-state index is 11.7. The van der Waals surface area contributed by atoms with Gasteiger partial charge in [-0.2, -0.15) is 11.3 Å². The fraction of sp³-hybridized carbons (Fsp3) is 0.667. The van der Waals surface area contributed by atoms with Gasteiger partial charge in [-0.15, -0.1) is 0 Å². The molecule has 0 aliphatic carbocycles. The second kappa shape index (κ2) is 5.84. The van der Waals surface area contributed by atoms with Gasteiger partial charge in [0.2, 0.25) is 5.91 Å². The molecule has 0 spiro atoms. The molecule has 3 atom stereocenters. The number of ether oxygens (including phenoxy) is 1. The van der Waals surface area contributed by atoms with Gasteiger partial charge in [0, 0.05) is 39.6 Å². The Labute approximate surface area is 124 Å². The molecular weight excluding hydrogens is 272 g/mol.